The first kappa shape index (κ1) is 29.2. The zero-order chi connectivity index (χ0) is 28.5. The molecule has 5 rings (SSSR count). The highest BCUT2D eigenvalue weighted by Gasteiger charge is 2.40. The zero-order valence-electron chi connectivity index (χ0n) is 23.9. The van der Waals surface area contributed by atoms with Gasteiger partial charge in [0.2, 0.25) is 5.89 Å². The number of methoxy groups -OCH3 is 1. The van der Waals surface area contributed by atoms with Crippen molar-refractivity contribution in [3.63, 3.8) is 0 Å². The lowest BCUT2D eigenvalue weighted by atomic mass is 9.78. The zero-order valence-corrected chi connectivity index (χ0v) is 23.9. The minimum absolute atomic E-state index is 0.0338. The minimum atomic E-state index is -0.782. The maximum atomic E-state index is 10.7. The quantitative estimate of drug-likeness (QED) is 0.312. The van der Waals surface area contributed by atoms with Crippen molar-refractivity contribution in [1.82, 2.24) is 15.0 Å². The van der Waals surface area contributed by atoms with Crippen molar-refractivity contribution in [2.75, 3.05) is 33.4 Å². The predicted octanol–water partition coefficient (Wildman–Crippen LogP) is 4.86. The van der Waals surface area contributed by atoms with Gasteiger partial charge in [0.15, 0.2) is 5.82 Å². The first-order chi connectivity index (χ1) is 20.0. The lowest BCUT2D eigenvalue weighted by Crippen LogP contribution is -2.49. The highest BCUT2D eigenvalue weighted by molar-refractivity contribution is 5.67. The number of piperidine rings is 1. The summed E-state index contributed by atoms with van der Waals surface area (Å²) in [6.45, 7) is 4.89. The van der Waals surface area contributed by atoms with E-state index in [4.69, 9.17) is 23.8 Å². The number of likely N-dealkylation sites (tertiary alicyclic amines) is 1. The molecule has 1 unspecified atom stereocenters. The van der Waals surface area contributed by atoms with E-state index in [9.17, 15) is 4.79 Å². The molecule has 0 aliphatic carbocycles. The molecule has 41 heavy (non-hydrogen) atoms. The fourth-order valence-electron chi connectivity index (χ4n) is 5.85. The number of nitrogens with zero attached hydrogens (tertiary/aromatic N) is 3. The van der Waals surface area contributed by atoms with Gasteiger partial charge in [0.25, 0.3) is 0 Å². The van der Waals surface area contributed by atoms with Crippen LogP contribution in [0.5, 0.6) is 5.75 Å². The average molecular weight is 564 g/mol. The summed E-state index contributed by atoms with van der Waals surface area (Å²) in [5, 5.41) is 12.9. The second-order valence-electron chi connectivity index (χ2n) is 11.4. The summed E-state index contributed by atoms with van der Waals surface area (Å²) in [4.78, 5) is 17.8. The van der Waals surface area contributed by atoms with Crippen LogP contribution in [-0.4, -0.2) is 65.1 Å². The fraction of sp³-hybridized carbons (Fsp3) is 0.531. The number of ether oxygens (including phenoxy) is 3. The molecule has 220 valence electrons. The molecule has 3 aromatic rings. The van der Waals surface area contributed by atoms with Crippen LogP contribution in [0.4, 0.5) is 0 Å². The third kappa shape index (κ3) is 8.61. The van der Waals surface area contributed by atoms with Gasteiger partial charge in [0.1, 0.15) is 12.4 Å². The number of carboxylic acids is 1. The molecule has 0 bridgehead atoms. The standard InChI is InChI=1S/C32H41N3O6/c1-38-18-13-29-33-30(41-34-29)20-27-12-19-40-32(21-27)14-16-35(17-15-32)22-25-2-4-26(5-3-25)23-39-28-9-6-24(7-10-28)8-11-31(36)37/h2-7,9-10,27H,8,11-23H2,1H3,(H,36,37). The Morgan fingerprint density at radius 3 is 2.51 bits per heavy atom. The summed E-state index contributed by atoms with van der Waals surface area (Å²) in [6, 6.07) is 16.3. The molecule has 3 heterocycles. The normalized spacial score (nSPS) is 18.9. The van der Waals surface area contributed by atoms with Gasteiger partial charge in [-0.15, -0.1) is 0 Å². The van der Waals surface area contributed by atoms with E-state index in [1.54, 1.807) is 7.11 Å². The van der Waals surface area contributed by atoms with E-state index in [0.717, 1.165) is 86.9 Å². The Labute approximate surface area is 241 Å². The van der Waals surface area contributed by atoms with Crippen LogP contribution in [0.3, 0.4) is 0 Å². The average Bonchev–Trinajstić information content (AvgIpc) is 3.43. The van der Waals surface area contributed by atoms with E-state index >= 15 is 0 Å². The number of carboxylic acid groups (broad SMARTS) is 1. The van der Waals surface area contributed by atoms with Gasteiger partial charge in [-0.1, -0.05) is 41.6 Å². The van der Waals surface area contributed by atoms with E-state index in [0.29, 0.717) is 32.0 Å². The van der Waals surface area contributed by atoms with Crippen LogP contribution in [0, 0.1) is 5.92 Å². The van der Waals surface area contributed by atoms with Crippen molar-refractivity contribution in [1.29, 1.82) is 0 Å². The Morgan fingerprint density at radius 1 is 1.05 bits per heavy atom. The molecule has 2 saturated heterocycles. The summed E-state index contributed by atoms with van der Waals surface area (Å²) in [5.74, 6) is 1.96. The third-order valence-electron chi connectivity index (χ3n) is 8.25. The van der Waals surface area contributed by atoms with Gasteiger partial charge in [-0.05, 0) is 66.8 Å². The molecule has 9 heteroatoms. The molecule has 2 aliphatic rings. The number of aliphatic carboxylic acids is 1. The van der Waals surface area contributed by atoms with Crippen molar-refractivity contribution >= 4 is 5.97 Å². The largest absolute Gasteiger partial charge is 0.489 e. The molecule has 2 fully saturated rings. The highest BCUT2D eigenvalue weighted by atomic mass is 16.5. The van der Waals surface area contributed by atoms with E-state index in [1.807, 2.05) is 24.3 Å². The Morgan fingerprint density at radius 2 is 1.78 bits per heavy atom. The summed E-state index contributed by atoms with van der Waals surface area (Å²) >= 11 is 0. The molecule has 2 aliphatic heterocycles. The van der Waals surface area contributed by atoms with E-state index in [-0.39, 0.29) is 12.0 Å². The summed E-state index contributed by atoms with van der Waals surface area (Å²) < 4.78 is 22.9. The van der Waals surface area contributed by atoms with Gasteiger partial charge in [0, 0.05) is 52.6 Å². The molecule has 1 atom stereocenters. The molecule has 0 amide bonds. The third-order valence-corrected chi connectivity index (χ3v) is 8.25. The lowest BCUT2D eigenvalue weighted by Gasteiger charge is -2.46. The predicted molar refractivity (Wildman–Crippen MR) is 153 cm³/mol. The number of aromatic nitrogens is 2. The van der Waals surface area contributed by atoms with Crippen molar-refractivity contribution in [3.05, 3.63) is 76.9 Å². The smallest absolute Gasteiger partial charge is 0.303 e. The Kier molecular flexibility index (Phi) is 10.0. The van der Waals surface area contributed by atoms with Gasteiger partial charge in [-0.25, -0.2) is 0 Å². The van der Waals surface area contributed by atoms with Crippen LogP contribution in [0.25, 0.3) is 0 Å². The summed E-state index contributed by atoms with van der Waals surface area (Å²) in [6.07, 6.45) is 6.35. The van der Waals surface area contributed by atoms with Crippen LogP contribution >= 0.6 is 0 Å². The summed E-state index contributed by atoms with van der Waals surface area (Å²) in [5.41, 5.74) is 3.39. The van der Waals surface area contributed by atoms with Gasteiger partial charge in [0.05, 0.1) is 12.2 Å². The molecule has 1 aromatic heterocycles. The van der Waals surface area contributed by atoms with Gasteiger partial charge >= 0.3 is 5.97 Å². The number of hydrogen-bond acceptors (Lipinski definition) is 8. The number of carbonyl (C=O) groups is 1. The fourth-order valence-corrected chi connectivity index (χ4v) is 5.85. The van der Waals surface area contributed by atoms with Crippen molar-refractivity contribution < 1.29 is 28.6 Å². The topological polar surface area (TPSA) is 107 Å². The number of benzene rings is 2. The Balaban J connectivity index is 1.04. The SMILES string of the molecule is COCCc1noc(CC2CCOC3(CCN(Cc4ccc(COc5ccc(CCC(=O)O)cc5)cc4)CC3)C2)n1. The molecule has 2 aromatic carbocycles. The highest BCUT2D eigenvalue weighted by Crippen LogP contribution is 2.39. The first-order valence-electron chi connectivity index (χ1n) is 14.7. The van der Waals surface area contributed by atoms with Crippen LogP contribution in [-0.2, 0) is 46.7 Å². The molecular formula is C32H41N3O6. The summed E-state index contributed by atoms with van der Waals surface area (Å²) in [7, 11) is 1.68. The van der Waals surface area contributed by atoms with Crippen LogP contribution in [0.15, 0.2) is 53.1 Å². The second-order valence-corrected chi connectivity index (χ2v) is 11.4. The molecule has 0 saturated carbocycles. The first-order valence-corrected chi connectivity index (χ1v) is 14.7. The number of rotatable bonds is 13. The monoisotopic (exact) mass is 563 g/mol. The maximum absolute atomic E-state index is 10.7. The lowest BCUT2D eigenvalue weighted by molar-refractivity contribution is -0.137. The van der Waals surface area contributed by atoms with Crippen molar-refractivity contribution in [2.24, 2.45) is 5.92 Å². The number of hydrogen-bond donors (Lipinski definition) is 1. The van der Waals surface area contributed by atoms with Crippen molar-refractivity contribution in [3.8, 4) is 5.75 Å². The molecule has 1 N–H and O–H groups in total. The van der Waals surface area contributed by atoms with Crippen LogP contribution in [0.1, 0.15) is 60.5 Å². The maximum Gasteiger partial charge on any atom is 0.303 e. The van der Waals surface area contributed by atoms with Crippen LogP contribution < -0.4 is 4.74 Å². The van der Waals surface area contributed by atoms with E-state index in [2.05, 4.69) is 39.3 Å². The van der Waals surface area contributed by atoms with Gasteiger partial charge in [-0.2, -0.15) is 4.98 Å². The molecule has 0 radical (unpaired) electrons. The van der Waals surface area contributed by atoms with Crippen molar-refractivity contribution in [2.45, 2.75) is 70.1 Å². The molecule has 1 spiro atoms. The molecule has 9 nitrogen and oxygen atoms in total. The Hall–Kier alpha value is -3.27. The van der Waals surface area contributed by atoms with Crippen LogP contribution in [0.2, 0.25) is 0 Å². The van der Waals surface area contributed by atoms with Gasteiger partial charge < -0.3 is 23.8 Å². The second kappa shape index (κ2) is 14.1. The Bertz CT molecular complexity index is 1240. The van der Waals surface area contributed by atoms with Gasteiger partial charge in [-0.3, -0.25) is 9.69 Å². The number of aryl methyl sites for hydroxylation is 1. The molecular weight excluding hydrogens is 522 g/mol. The minimum Gasteiger partial charge on any atom is -0.489 e. The van der Waals surface area contributed by atoms with E-state index < -0.39 is 5.97 Å². The van der Waals surface area contributed by atoms with E-state index in [1.165, 1.54) is 5.56 Å².